The van der Waals surface area contributed by atoms with Crippen LogP contribution in [0.3, 0.4) is 0 Å². The Labute approximate surface area is 175 Å². The number of allylic oxidation sites excluding steroid dienone is 2. The highest BCUT2D eigenvalue weighted by molar-refractivity contribution is 6.07. The van der Waals surface area contributed by atoms with Crippen molar-refractivity contribution in [3.8, 4) is 0 Å². The van der Waals surface area contributed by atoms with Gasteiger partial charge in [0.25, 0.3) is 5.69 Å². The van der Waals surface area contributed by atoms with E-state index in [1.54, 1.807) is 17.0 Å². The van der Waals surface area contributed by atoms with Crippen LogP contribution in [-0.4, -0.2) is 16.6 Å². The summed E-state index contributed by atoms with van der Waals surface area (Å²) >= 11 is 0. The zero-order valence-corrected chi connectivity index (χ0v) is 17.3. The maximum absolute atomic E-state index is 13.3. The second-order valence-electron chi connectivity index (χ2n) is 8.97. The summed E-state index contributed by atoms with van der Waals surface area (Å²) in [5.41, 5.74) is 3.77. The number of amides is 1. The first-order valence-electron chi connectivity index (χ1n) is 10.1. The quantitative estimate of drug-likeness (QED) is 0.528. The summed E-state index contributed by atoms with van der Waals surface area (Å²) in [5.74, 6) is -0.280. The lowest BCUT2D eigenvalue weighted by atomic mass is 9.69. The number of nitro groups is 1. The topological polar surface area (TPSA) is 80.5 Å². The van der Waals surface area contributed by atoms with Gasteiger partial charge in [-0.1, -0.05) is 43.7 Å². The van der Waals surface area contributed by atoms with Gasteiger partial charge in [0.1, 0.15) is 0 Å². The van der Waals surface area contributed by atoms with Crippen LogP contribution in [0, 0.1) is 22.5 Å². The van der Waals surface area contributed by atoms with Gasteiger partial charge in [0.15, 0.2) is 5.78 Å². The molecule has 1 heterocycles. The van der Waals surface area contributed by atoms with Gasteiger partial charge in [0, 0.05) is 47.8 Å². The van der Waals surface area contributed by atoms with Crippen molar-refractivity contribution in [2.45, 2.75) is 46.0 Å². The minimum absolute atomic E-state index is 0.0323. The Kier molecular flexibility index (Phi) is 4.80. The molecular weight excluding hydrogens is 380 g/mol. The van der Waals surface area contributed by atoms with Crippen molar-refractivity contribution in [2.75, 3.05) is 4.90 Å². The molecule has 0 fully saturated rings. The third kappa shape index (κ3) is 3.54. The van der Waals surface area contributed by atoms with Gasteiger partial charge in [0.05, 0.1) is 4.92 Å². The first-order chi connectivity index (χ1) is 14.2. The van der Waals surface area contributed by atoms with Crippen molar-refractivity contribution < 1.29 is 14.5 Å². The van der Waals surface area contributed by atoms with Crippen LogP contribution in [0.15, 0.2) is 59.8 Å². The number of benzene rings is 2. The number of carbonyl (C=O) groups is 2. The molecule has 4 rings (SSSR count). The molecule has 0 bridgehead atoms. The summed E-state index contributed by atoms with van der Waals surface area (Å²) < 4.78 is 0. The van der Waals surface area contributed by atoms with E-state index in [0.29, 0.717) is 24.1 Å². The van der Waals surface area contributed by atoms with Crippen LogP contribution in [0.1, 0.15) is 50.2 Å². The number of Topliss-reactive ketones (excluding diaryl/α,β-unsaturated/α-hetero) is 1. The molecule has 1 atom stereocenters. The van der Waals surface area contributed by atoms with E-state index in [0.717, 1.165) is 16.8 Å². The fourth-order valence-corrected chi connectivity index (χ4v) is 4.61. The molecule has 0 saturated heterocycles. The predicted octanol–water partition coefficient (Wildman–Crippen LogP) is 5.07. The van der Waals surface area contributed by atoms with Crippen molar-refractivity contribution in [2.24, 2.45) is 5.41 Å². The molecule has 0 N–H and O–H groups in total. The summed E-state index contributed by atoms with van der Waals surface area (Å²) in [5, 5.41) is 11.0. The van der Waals surface area contributed by atoms with Crippen LogP contribution in [0.25, 0.3) is 0 Å². The number of ketones is 1. The molecule has 2 aromatic rings. The average Bonchev–Trinajstić information content (AvgIpc) is 2.66. The Hall–Kier alpha value is -3.28. The zero-order valence-electron chi connectivity index (χ0n) is 17.3. The number of aryl methyl sites for hydroxylation is 1. The van der Waals surface area contributed by atoms with Crippen LogP contribution < -0.4 is 4.90 Å². The second kappa shape index (κ2) is 7.20. The first kappa shape index (κ1) is 20.0. The normalized spacial score (nSPS) is 20.9. The van der Waals surface area contributed by atoms with Gasteiger partial charge in [-0.05, 0) is 36.5 Å². The van der Waals surface area contributed by atoms with Gasteiger partial charge in [0.2, 0.25) is 5.91 Å². The van der Waals surface area contributed by atoms with E-state index in [4.69, 9.17) is 0 Å². The molecule has 1 aliphatic heterocycles. The van der Waals surface area contributed by atoms with Crippen molar-refractivity contribution in [1.29, 1.82) is 0 Å². The van der Waals surface area contributed by atoms with Crippen molar-refractivity contribution in [3.63, 3.8) is 0 Å². The third-order valence-corrected chi connectivity index (χ3v) is 5.91. The van der Waals surface area contributed by atoms with E-state index in [2.05, 4.69) is 0 Å². The van der Waals surface area contributed by atoms with Gasteiger partial charge in [-0.3, -0.25) is 24.6 Å². The summed E-state index contributed by atoms with van der Waals surface area (Å²) in [6.07, 6.45) is 1.24. The highest BCUT2D eigenvalue weighted by Gasteiger charge is 2.44. The van der Waals surface area contributed by atoms with Gasteiger partial charge < -0.3 is 0 Å². The fraction of sp³-hybridized carbons (Fsp3) is 0.333. The zero-order chi connectivity index (χ0) is 21.6. The lowest BCUT2D eigenvalue weighted by Crippen LogP contribution is -2.43. The van der Waals surface area contributed by atoms with Crippen LogP contribution in [-0.2, 0) is 9.59 Å². The lowest BCUT2D eigenvalue weighted by molar-refractivity contribution is -0.384. The summed E-state index contributed by atoms with van der Waals surface area (Å²) in [4.78, 5) is 38.7. The van der Waals surface area contributed by atoms with E-state index < -0.39 is 4.92 Å². The highest BCUT2D eigenvalue weighted by atomic mass is 16.6. The predicted molar refractivity (Wildman–Crippen MR) is 114 cm³/mol. The number of rotatable bonds is 3. The molecule has 30 heavy (non-hydrogen) atoms. The summed E-state index contributed by atoms with van der Waals surface area (Å²) in [7, 11) is 0. The van der Waals surface area contributed by atoms with E-state index in [9.17, 15) is 19.7 Å². The van der Waals surface area contributed by atoms with Gasteiger partial charge >= 0.3 is 0 Å². The molecule has 6 heteroatoms. The average molecular weight is 404 g/mol. The maximum Gasteiger partial charge on any atom is 0.269 e. The molecule has 1 aliphatic carbocycles. The van der Waals surface area contributed by atoms with Crippen LogP contribution in [0.5, 0.6) is 0 Å². The summed E-state index contributed by atoms with van der Waals surface area (Å²) in [6, 6.07) is 13.9. The Morgan fingerprint density at radius 2 is 1.77 bits per heavy atom. The van der Waals surface area contributed by atoms with Gasteiger partial charge in [-0.25, -0.2) is 0 Å². The number of nitrogens with zero attached hydrogens (tertiary/aromatic N) is 2. The van der Waals surface area contributed by atoms with E-state index >= 15 is 0 Å². The molecule has 1 amide bonds. The smallest absolute Gasteiger partial charge is 0.269 e. The molecule has 0 saturated carbocycles. The Bertz CT molecular complexity index is 1080. The van der Waals surface area contributed by atoms with E-state index in [-0.39, 0.29) is 35.1 Å². The third-order valence-electron chi connectivity index (χ3n) is 5.91. The second-order valence-corrected chi connectivity index (χ2v) is 8.97. The fourth-order valence-electron chi connectivity index (χ4n) is 4.61. The molecule has 154 valence electrons. The van der Waals surface area contributed by atoms with Gasteiger partial charge in [-0.2, -0.15) is 0 Å². The molecule has 1 unspecified atom stereocenters. The maximum atomic E-state index is 13.3. The van der Waals surface area contributed by atoms with Crippen LogP contribution in [0.4, 0.5) is 11.4 Å². The van der Waals surface area contributed by atoms with E-state index in [1.807, 2.05) is 45.0 Å². The summed E-state index contributed by atoms with van der Waals surface area (Å²) in [6.45, 7) is 6.06. The molecule has 6 nitrogen and oxygen atoms in total. The number of anilines is 1. The first-order valence-corrected chi connectivity index (χ1v) is 10.1. The number of hydrogen-bond donors (Lipinski definition) is 0. The lowest BCUT2D eigenvalue weighted by Gasteiger charge is -2.43. The van der Waals surface area contributed by atoms with E-state index in [1.165, 1.54) is 12.1 Å². The number of non-ortho nitro benzene ring substituents is 1. The Morgan fingerprint density at radius 1 is 1.07 bits per heavy atom. The molecule has 0 spiro atoms. The molecule has 2 aliphatic rings. The number of nitro benzene ring substituents is 1. The number of carbonyl (C=O) groups excluding carboxylic acids is 2. The Balaban J connectivity index is 1.87. The molecule has 0 aromatic heterocycles. The largest absolute Gasteiger partial charge is 0.294 e. The van der Waals surface area contributed by atoms with Crippen molar-refractivity contribution in [3.05, 3.63) is 81.0 Å². The highest BCUT2D eigenvalue weighted by Crippen LogP contribution is 2.48. The molecule has 0 radical (unpaired) electrons. The minimum atomic E-state index is -0.465. The SMILES string of the molecule is Cc1cccc(C2CC(=O)N(c3ccc([N+](=O)[O-])cc3)C3=C2C(=O)CC(C)(C)C3)c1. The van der Waals surface area contributed by atoms with Crippen molar-refractivity contribution >= 4 is 23.1 Å². The number of hydrogen-bond acceptors (Lipinski definition) is 4. The molecular formula is C24H24N2O4. The van der Waals surface area contributed by atoms with Gasteiger partial charge in [-0.15, -0.1) is 0 Å². The van der Waals surface area contributed by atoms with Crippen LogP contribution >= 0.6 is 0 Å². The van der Waals surface area contributed by atoms with Crippen molar-refractivity contribution in [1.82, 2.24) is 0 Å². The van der Waals surface area contributed by atoms with Crippen LogP contribution in [0.2, 0.25) is 0 Å². The monoisotopic (exact) mass is 404 g/mol. The Morgan fingerprint density at radius 3 is 2.40 bits per heavy atom. The standard InChI is InChI=1S/C24H24N2O4/c1-15-5-4-6-16(11-15)19-12-22(28)25(17-7-9-18(10-8-17)26(29)30)20-13-24(2,3)14-21(27)23(19)20/h4-11,19H,12-14H2,1-3H3. The minimum Gasteiger partial charge on any atom is -0.294 e. The molecule has 2 aromatic carbocycles.